The standard InChI is InChI=1S/C21H29N3O2S/c1-3-23(4-2)18-8-7-17(20(25)14-18)15-22-16-19(21-6-5-13-27-21)24-9-11-26-12-10-24/h5-8,13-15,19,25H,3-4,9-12,16H2,1-2H3/p+1/t19-/m0/s1. The third-order valence-corrected chi connectivity index (χ3v) is 6.16. The van der Waals surface area contributed by atoms with Crippen LogP contribution in [-0.2, 0) is 4.74 Å². The summed E-state index contributed by atoms with van der Waals surface area (Å²) in [5.74, 6) is 0.287. The predicted molar refractivity (Wildman–Crippen MR) is 113 cm³/mol. The van der Waals surface area contributed by atoms with Crippen LogP contribution in [-0.4, -0.2) is 57.3 Å². The first-order chi connectivity index (χ1) is 13.2. The molecule has 1 aromatic heterocycles. The molecule has 2 aromatic rings. The number of quaternary nitrogens is 1. The molecule has 0 radical (unpaired) electrons. The molecule has 1 aliphatic rings. The van der Waals surface area contributed by atoms with Gasteiger partial charge in [-0.25, -0.2) is 0 Å². The molecule has 1 fully saturated rings. The van der Waals surface area contributed by atoms with Gasteiger partial charge >= 0.3 is 0 Å². The molecule has 6 heteroatoms. The van der Waals surface area contributed by atoms with Gasteiger partial charge in [0.15, 0.2) is 0 Å². The van der Waals surface area contributed by atoms with Gasteiger partial charge in [0.05, 0.1) is 24.6 Å². The van der Waals surface area contributed by atoms with Crippen LogP contribution in [0, 0.1) is 0 Å². The largest absolute Gasteiger partial charge is 0.507 e. The van der Waals surface area contributed by atoms with Crippen LogP contribution in [0.3, 0.4) is 0 Å². The fourth-order valence-corrected chi connectivity index (χ4v) is 4.45. The quantitative estimate of drug-likeness (QED) is 0.683. The SMILES string of the molecule is CCN(CC)c1ccc(C=NC[C@@H](c2cccs2)[NH+]2CCOCC2)c(O)c1. The second-order valence-electron chi connectivity index (χ2n) is 6.75. The number of phenols is 1. The van der Waals surface area contributed by atoms with Gasteiger partial charge in [-0.05, 0) is 37.4 Å². The van der Waals surface area contributed by atoms with Gasteiger partial charge in [0.25, 0.3) is 0 Å². The molecule has 0 saturated carbocycles. The Bertz CT molecular complexity index is 723. The van der Waals surface area contributed by atoms with Crippen molar-refractivity contribution in [1.29, 1.82) is 0 Å². The highest BCUT2D eigenvalue weighted by Crippen LogP contribution is 2.24. The van der Waals surface area contributed by atoms with E-state index in [0.29, 0.717) is 12.6 Å². The lowest BCUT2D eigenvalue weighted by atomic mass is 10.1. The minimum absolute atomic E-state index is 0.287. The molecule has 0 spiro atoms. The van der Waals surface area contributed by atoms with Gasteiger partial charge in [-0.1, -0.05) is 6.07 Å². The van der Waals surface area contributed by atoms with Crippen molar-refractivity contribution < 1.29 is 14.7 Å². The zero-order valence-corrected chi connectivity index (χ0v) is 17.0. The summed E-state index contributed by atoms with van der Waals surface area (Å²) < 4.78 is 5.51. The summed E-state index contributed by atoms with van der Waals surface area (Å²) in [5, 5.41) is 12.5. The number of anilines is 1. The number of rotatable bonds is 8. The highest BCUT2D eigenvalue weighted by Gasteiger charge is 2.26. The fraction of sp³-hybridized carbons (Fsp3) is 0.476. The van der Waals surface area contributed by atoms with E-state index < -0.39 is 0 Å². The molecule has 2 N–H and O–H groups in total. The van der Waals surface area contributed by atoms with E-state index >= 15 is 0 Å². The van der Waals surface area contributed by atoms with E-state index in [2.05, 4.69) is 42.3 Å². The Hall–Kier alpha value is -1.89. The van der Waals surface area contributed by atoms with Crippen molar-refractivity contribution in [2.45, 2.75) is 19.9 Å². The zero-order valence-electron chi connectivity index (χ0n) is 16.2. The lowest BCUT2D eigenvalue weighted by Gasteiger charge is -2.30. The Balaban J connectivity index is 1.70. The summed E-state index contributed by atoms with van der Waals surface area (Å²) in [6, 6.07) is 10.5. The molecule has 2 heterocycles. The van der Waals surface area contributed by atoms with Crippen LogP contribution in [0.5, 0.6) is 5.75 Å². The maximum atomic E-state index is 10.4. The van der Waals surface area contributed by atoms with Crippen molar-refractivity contribution in [2.24, 2.45) is 4.99 Å². The van der Waals surface area contributed by atoms with E-state index in [1.807, 2.05) is 18.3 Å². The van der Waals surface area contributed by atoms with Gasteiger partial charge in [0.2, 0.25) is 0 Å². The molecule has 1 saturated heterocycles. The summed E-state index contributed by atoms with van der Waals surface area (Å²) in [4.78, 5) is 9.81. The Morgan fingerprint density at radius 2 is 2.04 bits per heavy atom. The number of phenolic OH excluding ortho intramolecular Hbond substituents is 1. The number of nitrogens with one attached hydrogen (secondary N) is 1. The summed E-state index contributed by atoms with van der Waals surface area (Å²) in [7, 11) is 0. The Morgan fingerprint density at radius 1 is 1.26 bits per heavy atom. The van der Waals surface area contributed by atoms with E-state index in [-0.39, 0.29) is 5.75 Å². The summed E-state index contributed by atoms with van der Waals surface area (Å²) in [6.45, 7) is 10.5. The van der Waals surface area contributed by atoms with Crippen LogP contribution in [0.4, 0.5) is 5.69 Å². The molecule has 0 bridgehead atoms. The summed E-state index contributed by atoms with van der Waals surface area (Å²) in [5.41, 5.74) is 1.82. The number of nitrogens with zero attached hydrogens (tertiary/aromatic N) is 2. The minimum atomic E-state index is 0.287. The van der Waals surface area contributed by atoms with Gasteiger partial charge < -0.3 is 19.6 Å². The van der Waals surface area contributed by atoms with Crippen molar-refractivity contribution in [1.82, 2.24) is 0 Å². The number of morpholine rings is 1. The molecule has 0 unspecified atom stereocenters. The first kappa shape index (κ1) is 19.9. The van der Waals surface area contributed by atoms with E-state index in [1.165, 1.54) is 9.78 Å². The van der Waals surface area contributed by atoms with Crippen molar-refractivity contribution in [3.63, 3.8) is 0 Å². The predicted octanol–water partition coefficient (Wildman–Crippen LogP) is 2.38. The van der Waals surface area contributed by atoms with Gasteiger partial charge in [-0.3, -0.25) is 4.99 Å². The van der Waals surface area contributed by atoms with E-state index in [1.54, 1.807) is 11.3 Å². The molecule has 0 amide bonds. The average molecular weight is 389 g/mol. The monoisotopic (exact) mass is 388 g/mol. The Morgan fingerprint density at radius 3 is 2.67 bits per heavy atom. The smallest absolute Gasteiger partial charge is 0.142 e. The van der Waals surface area contributed by atoms with E-state index in [4.69, 9.17) is 9.73 Å². The first-order valence-corrected chi connectivity index (χ1v) is 10.6. The number of hydrogen-bond acceptors (Lipinski definition) is 5. The average Bonchev–Trinajstić information content (AvgIpc) is 3.23. The van der Waals surface area contributed by atoms with E-state index in [0.717, 1.165) is 50.6 Å². The van der Waals surface area contributed by atoms with Gasteiger partial charge in [-0.15, -0.1) is 11.3 Å². The summed E-state index contributed by atoms with van der Waals surface area (Å²) >= 11 is 1.79. The van der Waals surface area contributed by atoms with Gasteiger partial charge in [0.1, 0.15) is 24.9 Å². The van der Waals surface area contributed by atoms with Crippen LogP contribution < -0.4 is 9.80 Å². The minimum Gasteiger partial charge on any atom is -0.507 e. The van der Waals surface area contributed by atoms with Crippen LogP contribution in [0.1, 0.15) is 30.3 Å². The molecule has 3 rings (SSSR count). The molecule has 5 nitrogen and oxygen atoms in total. The molecule has 1 aromatic carbocycles. The second-order valence-corrected chi connectivity index (χ2v) is 7.73. The highest BCUT2D eigenvalue weighted by molar-refractivity contribution is 7.10. The second kappa shape index (κ2) is 9.88. The van der Waals surface area contributed by atoms with Gasteiger partial charge in [-0.2, -0.15) is 0 Å². The van der Waals surface area contributed by atoms with Crippen molar-refractivity contribution in [2.75, 3.05) is 50.8 Å². The lowest BCUT2D eigenvalue weighted by Crippen LogP contribution is -3.14. The normalized spacial score (nSPS) is 16.7. The molecule has 27 heavy (non-hydrogen) atoms. The maximum Gasteiger partial charge on any atom is 0.142 e. The van der Waals surface area contributed by atoms with Crippen molar-refractivity contribution in [3.05, 3.63) is 46.2 Å². The van der Waals surface area contributed by atoms with E-state index in [9.17, 15) is 5.11 Å². The number of thiophene rings is 1. The third-order valence-electron chi connectivity index (χ3n) is 5.18. The molecule has 0 aliphatic carbocycles. The fourth-order valence-electron chi connectivity index (χ4n) is 3.57. The van der Waals surface area contributed by atoms with Crippen LogP contribution in [0.15, 0.2) is 40.7 Å². The van der Waals surface area contributed by atoms with Crippen molar-refractivity contribution >= 4 is 23.2 Å². The highest BCUT2D eigenvalue weighted by atomic mass is 32.1. The van der Waals surface area contributed by atoms with Crippen LogP contribution >= 0.6 is 11.3 Å². The van der Waals surface area contributed by atoms with Crippen LogP contribution in [0.2, 0.25) is 0 Å². The Kier molecular flexibility index (Phi) is 7.26. The number of aromatic hydroxyl groups is 1. The topological polar surface area (TPSA) is 49.5 Å². The summed E-state index contributed by atoms with van der Waals surface area (Å²) in [6.07, 6.45) is 1.81. The molecular weight excluding hydrogens is 358 g/mol. The molecule has 1 aliphatic heterocycles. The first-order valence-electron chi connectivity index (χ1n) is 9.76. The molecule has 1 atom stereocenters. The lowest BCUT2D eigenvalue weighted by molar-refractivity contribution is -0.937. The Labute approximate surface area is 165 Å². The van der Waals surface area contributed by atoms with Crippen molar-refractivity contribution in [3.8, 4) is 5.75 Å². The van der Waals surface area contributed by atoms with Crippen LogP contribution in [0.25, 0.3) is 0 Å². The number of hydrogen-bond donors (Lipinski definition) is 2. The molecular formula is C21H30N3O2S+. The maximum absolute atomic E-state index is 10.4. The molecule has 146 valence electrons. The zero-order chi connectivity index (χ0) is 19.1. The number of benzene rings is 1. The van der Waals surface area contributed by atoms with Gasteiger partial charge in [0, 0.05) is 36.6 Å². The number of ether oxygens (including phenoxy) is 1. The number of aliphatic imine (C=N–C) groups is 1. The third kappa shape index (κ3) is 5.09.